The van der Waals surface area contributed by atoms with Crippen LogP contribution in [0.15, 0.2) is 44.3 Å². The van der Waals surface area contributed by atoms with Gasteiger partial charge in [0.1, 0.15) is 4.62 Å². The van der Waals surface area contributed by atoms with Gasteiger partial charge in [0.2, 0.25) is 0 Å². The van der Waals surface area contributed by atoms with E-state index in [2.05, 4.69) is 67.7 Å². The summed E-state index contributed by atoms with van der Waals surface area (Å²) in [5.74, 6) is 0. The molecule has 1 unspecified atom stereocenters. The smallest absolute Gasteiger partial charge is 0.670 e. The fourth-order valence-electron chi connectivity index (χ4n) is 4.92. The second-order valence-corrected chi connectivity index (χ2v) is 12.5. The van der Waals surface area contributed by atoms with E-state index in [4.69, 9.17) is 15.3 Å². The van der Waals surface area contributed by atoms with Gasteiger partial charge in [0.25, 0.3) is 0 Å². The number of allylic oxidation sites excluding steroid dienone is 6. The van der Waals surface area contributed by atoms with E-state index in [-0.39, 0.29) is 31.3 Å². The topological polar surface area (TPSA) is 100 Å². The second-order valence-electron chi connectivity index (χ2n) is 11.8. The van der Waals surface area contributed by atoms with Crippen LogP contribution in [0.3, 0.4) is 0 Å². The van der Waals surface area contributed by atoms with E-state index in [0.717, 1.165) is 55.4 Å². The Labute approximate surface area is 248 Å². The first-order chi connectivity index (χ1) is 17.1. The van der Waals surface area contributed by atoms with Gasteiger partial charge in [0, 0.05) is 23.6 Å². The third-order valence-electron chi connectivity index (χ3n) is 8.31. The molecule has 0 spiro atoms. The van der Waals surface area contributed by atoms with Gasteiger partial charge in [-0.3, -0.25) is 4.99 Å². The molecular weight excluding hydrogens is 631 g/mol. The summed E-state index contributed by atoms with van der Waals surface area (Å²) >= 11 is 3.52. The summed E-state index contributed by atoms with van der Waals surface area (Å²) in [5.41, 5.74) is 8.36. The maximum absolute atomic E-state index is 10.2. The van der Waals surface area contributed by atoms with E-state index in [1.807, 2.05) is 39.8 Å². The molecule has 0 aliphatic carbocycles. The molecule has 0 radical (unpaired) electrons. The van der Waals surface area contributed by atoms with Gasteiger partial charge >= 0.3 is 20.4 Å². The summed E-state index contributed by atoms with van der Waals surface area (Å²) in [6.45, 7) is 18.4. The van der Waals surface area contributed by atoms with E-state index >= 15 is 0 Å². The third kappa shape index (κ3) is 4.96. The van der Waals surface area contributed by atoms with Crippen LogP contribution in [0.4, 0.5) is 0 Å². The van der Waals surface area contributed by atoms with Gasteiger partial charge in [-0.25, -0.2) is 4.99 Å². The minimum absolute atomic E-state index is 0. The van der Waals surface area contributed by atoms with Crippen LogP contribution in [0.5, 0.6) is 0 Å². The molecule has 38 heavy (non-hydrogen) atoms. The van der Waals surface area contributed by atoms with Crippen molar-refractivity contribution in [3.05, 3.63) is 62.1 Å². The van der Waals surface area contributed by atoms with Crippen LogP contribution in [0.25, 0.3) is 17.0 Å². The van der Waals surface area contributed by atoms with Gasteiger partial charge in [0.15, 0.2) is 0 Å². The Kier molecular flexibility index (Phi) is 8.10. The average molecular weight is 664 g/mol. The van der Waals surface area contributed by atoms with Gasteiger partial charge in [0.05, 0.1) is 23.0 Å². The van der Waals surface area contributed by atoms with Crippen molar-refractivity contribution in [2.75, 3.05) is 0 Å². The van der Waals surface area contributed by atoms with E-state index < -0.39 is 5.54 Å². The molecule has 1 aromatic rings. The van der Waals surface area contributed by atoms with Crippen molar-refractivity contribution in [2.24, 2.45) is 20.8 Å². The Morgan fingerprint density at radius 3 is 2.13 bits per heavy atom. The molecule has 0 N–H and O–H groups in total. The van der Waals surface area contributed by atoms with E-state index in [9.17, 15) is 10.5 Å². The standard InChI is InChI=1S/C30H33BrN6.Pd/c1-16-18(3)26(35-22(16)11-23-17(2)19(4)27(31)36-23)21(14-32)24-13-28(5,6)25(34-24)10-20-12-29(7,8)30(9,15-33)37-20;/h10-11H,12-13H2,1-9H3;/q-2;+2/b20-10-,23-11-,24-21-;. The van der Waals surface area contributed by atoms with Crippen molar-refractivity contribution in [2.45, 2.75) is 80.7 Å². The summed E-state index contributed by atoms with van der Waals surface area (Å²) in [6.07, 6.45) is 5.36. The van der Waals surface area contributed by atoms with Crippen molar-refractivity contribution in [1.29, 1.82) is 10.5 Å². The molecule has 1 saturated heterocycles. The number of halogens is 1. The normalized spacial score (nSPS) is 27.1. The van der Waals surface area contributed by atoms with Gasteiger partial charge in [-0.1, -0.05) is 57.9 Å². The summed E-state index contributed by atoms with van der Waals surface area (Å²) in [4.78, 5) is 14.5. The van der Waals surface area contributed by atoms with Crippen molar-refractivity contribution in [1.82, 2.24) is 4.98 Å². The molecule has 3 aliphatic heterocycles. The van der Waals surface area contributed by atoms with Crippen LogP contribution in [-0.2, 0) is 20.4 Å². The van der Waals surface area contributed by atoms with Gasteiger partial charge in [-0.15, -0.1) is 11.4 Å². The third-order valence-corrected chi connectivity index (χ3v) is 9.08. The summed E-state index contributed by atoms with van der Waals surface area (Å²) < 4.78 is 0.842. The zero-order valence-corrected chi connectivity index (χ0v) is 26.6. The molecule has 1 fully saturated rings. The zero-order chi connectivity index (χ0) is 27.5. The first-order valence-corrected chi connectivity index (χ1v) is 13.3. The molecule has 4 heterocycles. The second kappa shape index (κ2) is 10.2. The number of hydrogen-bond donors (Lipinski definition) is 0. The van der Waals surface area contributed by atoms with Crippen molar-refractivity contribution < 1.29 is 20.4 Å². The average Bonchev–Trinajstić information content (AvgIpc) is 3.43. The first kappa shape index (κ1) is 30.0. The fourth-order valence-corrected chi connectivity index (χ4v) is 5.41. The van der Waals surface area contributed by atoms with Crippen LogP contribution in [-0.4, -0.2) is 15.9 Å². The summed E-state index contributed by atoms with van der Waals surface area (Å²) in [6, 6.07) is 4.79. The van der Waals surface area contributed by atoms with Crippen LogP contribution in [0, 0.1) is 47.3 Å². The molecule has 8 heteroatoms. The van der Waals surface area contributed by atoms with E-state index in [1.54, 1.807) is 0 Å². The molecule has 0 saturated carbocycles. The quantitative estimate of drug-likeness (QED) is 0.244. The molecule has 200 valence electrons. The van der Waals surface area contributed by atoms with Crippen LogP contribution in [0.2, 0.25) is 0 Å². The van der Waals surface area contributed by atoms with Crippen molar-refractivity contribution in [3.8, 4) is 12.1 Å². The SMILES string of the molecule is CC1=C(C)/C(=C/c2[n-]c(/C(C#N)=C3/CC(C)(C)C(/C=C4/CC(C)(C)C(C)(C#N)[N-]4)=N3)c(C)c2C)N=C1Br.[Pd+2]. The van der Waals surface area contributed by atoms with Crippen LogP contribution < -0.4 is 4.98 Å². The van der Waals surface area contributed by atoms with Crippen LogP contribution in [0.1, 0.15) is 83.8 Å². The number of aliphatic imine (C=N–C) groups is 2. The molecular formula is C30H33BrN6Pd. The van der Waals surface area contributed by atoms with E-state index in [0.29, 0.717) is 24.1 Å². The van der Waals surface area contributed by atoms with E-state index in [1.165, 1.54) is 0 Å². The maximum atomic E-state index is 10.2. The van der Waals surface area contributed by atoms with Gasteiger partial charge in [-0.2, -0.15) is 16.2 Å². The largest absolute Gasteiger partial charge is 2.00 e. The number of hydrogen-bond acceptors (Lipinski definition) is 4. The van der Waals surface area contributed by atoms with Gasteiger partial charge < -0.3 is 10.3 Å². The number of nitrogens with zero attached hydrogens (tertiary/aromatic N) is 6. The molecule has 6 nitrogen and oxygen atoms in total. The molecule has 1 atom stereocenters. The Morgan fingerprint density at radius 2 is 1.61 bits per heavy atom. The van der Waals surface area contributed by atoms with Crippen molar-refractivity contribution >= 4 is 37.9 Å². The predicted molar refractivity (Wildman–Crippen MR) is 154 cm³/mol. The molecule has 0 aromatic carbocycles. The summed E-state index contributed by atoms with van der Waals surface area (Å²) in [5, 5.41) is 24.7. The fraction of sp³-hybridized carbons (Fsp3) is 0.467. The zero-order valence-electron chi connectivity index (χ0n) is 23.4. The number of aromatic nitrogens is 1. The minimum Gasteiger partial charge on any atom is -0.670 e. The monoisotopic (exact) mass is 662 g/mol. The molecule has 0 amide bonds. The van der Waals surface area contributed by atoms with Crippen LogP contribution >= 0.6 is 15.9 Å². The predicted octanol–water partition coefficient (Wildman–Crippen LogP) is 7.82. The number of rotatable bonds is 3. The molecule has 0 bridgehead atoms. The maximum Gasteiger partial charge on any atom is 2.00 e. The van der Waals surface area contributed by atoms with Gasteiger partial charge in [-0.05, 0) is 72.1 Å². The molecule has 4 rings (SSSR count). The Hall–Kier alpha value is -2.50. The minimum atomic E-state index is -0.761. The van der Waals surface area contributed by atoms with Crippen molar-refractivity contribution in [3.63, 3.8) is 0 Å². The Morgan fingerprint density at radius 1 is 0.947 bits per heavy atom. The Balaban J connectivity index is 0.00000400. The summed E-state index contributed by atoms with van der Waals surface area (Å²) in [7, 11) is 0. The molecule has 1 aromatic heterocycles. The number of nitriles is 2. The Bertz CT molecular complexity index is 1480. The first-order valence-electron chi connectivity index (χ1n) is 12.5. The molecule has 3 aliphatic rings.